The molecule has 0 aromatic rings. The first-order chi connectivity index (χ1) is 0. The van der Waals surface area contributed by atoms with Crippen LogP contribution in [0.2, 0.25) is 0 Å². The van der Waals surface area contributed by atoms with E-state index in [1.54, 1.807) is 0 Å². The molecule has 0 aromatic carbocycles. The molecule has 0 aliphatic heterocycles. The maximum atomic E-state index is 0. The Morgan fingerprint density at radius 3 is 1.00 bits per heavy atom. The first-order valence-corrected chi connectivity index (χ1v) is 0. The minimum absolute atomic E-state index is 0. The molecule has 0 fully saturated rings. The SMILES string of the molecule is O.[Co].[MgH2].[Ni]. The summed E-state index contributed by atoms with van der Waals surface area (Å²) in [5.74, 6) is 0. The summed E-state index contributed by atoms with van der Waals surface area (Å²) in [4.78, 5) is 0. The maximum Gasteiger partial charge on any atom is 0.316 e. The summed E-state index contributed by atoms with van der Waals surface area (Å²) in [6.07, 6.45) is 0. The molecule has 0 rings (SSSR count). The van der Waals surface area contributed by atoms with Crippen molar-refractivity contribution in [2.45, 2.75) is 0 Å². The van der Waals surface area contributed by atoms with Gasteiger partial charge in [0.25, 0.3) is 0 Å². The average molecular weight is 162 g/mol. The zero-order valence-corrected chi connectivity index (χ0v) is 3.18. The molecule has 4 heteroatoms. The number of rotatable bonds is 0. The first-order valence-electron chi connectivity index (χ1n) is 0. The van der Waals surface area contributed by atoms with E-state index in [0.29, 0.717) is 0 Å². The Labute approximate surface area is 61.5 Å². The molecule has 0 saturated carbocycles. The summed E-state index contributed by atoms with van der Waals surface area (Å²) in [6.45, 7) is 0. The third-order valence-corrected chi connectivity index (χ3v) is 0. The summed E-state index contributed by atoms with van der Waals surface area (Å²) >= 11 is 0. The van der Waals surface area contributed by atoms with Crippen molar-refractivity contribution in [3.05, 3.63) is 0 Å². The van der Waals surface area contributed by atoms with Crippen LogP contribution in [0.1, 0.15) is 0 Å². The fraction of sp³-hybridized carbons (Fsp3) is 0. The summed E-state index contributed by atoms with van der Waals surface area (Å²) in [7, 11) is 0. The van der Waals surface area contributed by atoms with Gasteiger partial charge in [-0.05, 0) is 0 Å². The van der Waals surface area contributed by atoms with Crippen molar-refractivity contribution in [3.63, 3.8) is 0 Å². The second-order valence-corrected chi connectivity index (χ2v) is 0. The Bertz CT molecular complexity index is 8.00. The molecule has 0 amide bonds. The third kappa shape index (κ3) is 9.29. The molecule has 0 heterocycles. The standard InChI is InChI=1S/Co.Mg.Ni.H2O.2H/h;;;1H2;;. The molecule has 1 radical (unpaired) electrons. The molecule has 0 bridgehead atoms. The third-order valence-electron chi connectivity index (χ3n) is 0. The second-order valence-electron chi connectivity index (χ2n) is 0. The van der Waals surface area contributed by atoms with Crippen LogP contribution in [0, 0.1) is 0 Å². The van der Waals surface area contributed by atoms with E-state index in [1.807, 2.05) is 0 Å². The molecule has 2 N–H and O–H groups in total. The average Bonchev–Trinajstić information content (AvgIpc) is 0. The molecule has 0 spiro atoms. The van der Waals surface area contributed by atoms with Gasteiger partial charge in [0.15, 0.2) is 0 Å². The zero-order chi connectivity index (χ0) is 0. The smallest absolute Gasteiger partial charge is 0.316 e. The van der Waals surface area contributed by atoms with Gasteiger partial charge in [0.05, 0.1) is 0 Å². The Morgan fingerprint density at radius 2 is 1.00 bits per heavy atom. The van der Waals surface area contributed by atoms with Crippen molar-refractivity contribution in [1.82, 2.24) is 0 Å². The Kier molecular flexibility index (Phi) is 236. The van der Waals surface area contributed by atoms with Gasteiger partial charge in [0.2, 0.25) is 0 Å². The van der Waals surface area contributed by atoms with E-state index >= 15 is 0 Å². The van der Waals surface area contributed by atoms with Crippen LogP contribution in [0.5, 0.6) is 0 Å². The first kappa shape index (κ1) is 42.9. The number of hydrogen-bond acceptors (Lipinski definition) is 0. The monoisotopic (exact) mass is 161 g/mol. The van der Waals surface area contributed by atoms with E-state index in [4.69, 9.17) is 0 Å². The van der Waals surface area contributed by atoms with Gasteiger partial charge >= 0.3 is 23.1 Å². The van der Waals surface area contributed by atoms with Crippen LogP contribution in [0.4, 0.5) is 0 Å². The molecule has 0 atom stereocenters. The molecule has 31 valence electrons. The molecule has 0 aliphatic carbocycles. The molecule has 0 unspecified atom stereocenters. The Balaban J connectivity index is 0. The van der Waals surface area contributed by atoms with E-state index in [2.05, 4.69) is 0 Å². The van der Waals surface area contributed by atoms with Crippen molar-refractivity contribution in [3.8, 4) is 0 Å². The quantitative estimate of drug-likeness (QED) is 0.378. The molecule has 1 nitrogen and oxygen atoms in total. The van der Waals surface area contributed by atoms with Gasteiger partial charge in [-0.2, -0.15) is 0 Å². The van der Waals surface area contributed by atoms with E-state index < -0.39 is 0 Å². The van der Waals surface area contributed by atoms with Gasteiger partial charge in [0.1, 0.15) is 0 Å². The number of hydrogen-bond donors (Lipinski definition) is 0. The van der Waals surface area contributed by atoms with E-state index in [-0.39, 0.29) is 61.8 Å². The summed E-state index contributed by atoms with van der Waals surface area (Å²) in [5.41, 5.74) is 0. The Hall–Kier alpha value is 1.73. The van der Waals surface area contributed by atoms with Gasteiger partial charge in [0, 0.05) is 33.3 Å². The van der Waals surface area contributed by atoms with Crippen molar-refractivity contribution < 1.29 is 38.7 Å². The predicted octanol–water partition coefficient (Wildman–Crippen LogP) is -1.75. The van der Waals surface area contributed by atoms with Crippen LogP contribution in [-0.4, -0.2) is 28.5 Å². The fourth-order valence-electron chi connectivity index (χ4n) is 0. The Morgan fingerprint density at radius 1 is 1.00 bits per heavy atom. The normalized spacial score (nSPS) is 0. The summed E-state index contributed by atoms with van der Waals surface area (Å²) < 4.78 is 0. The fourth-order valence-corrected chi connectivity index (χ4v) is 0. The molecule has 0 aliphatic rings. The van der Waals surface area contributed by atoms with Crippen LogP contribution < -0.4 is 0 Å². The van der Waals surface area contributed by atoms with E-state index in [1.165, 1.54) is 0 Å². The van der Waals surface area contributed by atoms with Crippen molar-refractivity contribution >= 4 is 23.1 Å². The zero-order valence-electron chi connectivity index (χ0n) is 1.15. The minimum atomic E-state index is 0. The van der Waals surface area contributed by atoms with Crippen molar-refractivity contribution in [1.29, 1.82) is 0 Å². The van der Waals surface area contributed by atoms with E-state index in [9.17, 15) is 0 Å². The van der Waals surface area contributed by atoms with Crippen LogP contribution in [-0.2, 0) is 33.3 Å². The van der Waals surface area contributed by atoms with Gasteiger partial charge in [-0.1, -0.05) is 0 Å². The summed E-state index contributed by atoms with van der Waals surface area (Å²) in [5, 5.41) is 0. The van der Waals surface area contributed by atoms with E-state index in [0.717, 1.165) is 0 Å². The maximum absolute atomic E-state index is 0. The second kappa shape index (κ2) is 22.0. The van der Waals surface area contributed by atoms with Gasteiger partial charge < -0.3 is 5.48 Å². The van der Waals surface area contributed by atoms with Crippen LogP contribution in [0.15, 0.2) is 0 Å². The van der Waals surface area contributed by atoms with Gasteiger partial charge in [-0.3, -0.25) is 0 Å². The van der Waals surface area contributed by atoms with Crippen LogP contribution in [0.25, 0.3) is 0 Å². The largest absolute Gasteiger partial charge is 0.412 e. The van der Waals surface area contributed by atoms with Crippen LogP contribution >= 0.6 is 0 Å². The molecule has 4 heavy (non-hydrogen) atoms. The van der Waals surface area contributed by atoms with Gasteiger partial charge in [-0.15, -0.1) is 0 Å². The van der Waals surface area contributed by atoms with Gasteiger partial charge in [-0.25, -0.2) is 0 Å². The molecular weight excluding hydrogens is 158 g/mol. The molecular formula is H4CoMgNiO. The topological polar surface area (TPSA) is 31.5 Å². The van der Waals surface area contributed by atoms with Crippen LogP contribution in [0.3, 0.4) is 0 Å². The predicted molar refractivity (Wildman–Crippen MR) is 12.2 cm³/mol. The minimum Gasteiger partial charge on any atom is -0.412 e. The summed E-state index contributed by atoms with van der Waals surface area (Å²) in [6, 6.07) is 0. The van der Waals surface area contributed by atoms with Crippen molar-refractivity contribution in [2.24, 2.45) is 0 Å². The van der Waals surface area contributed by atoms with Crippen molar-refractivity contribution in [2.75, 3.05) is 0 Å². The molecule has 0 saturated heterocycles. The molecule has 0 aromatic heterocycles.